The first-order valence-electron chi connectivity index (χ1n) is 5.48. The summed E-state index contributed by atoms with van der Waals surface area (Å²) in [7, 11) is 1.93. The zero-order chi connectivity index (χ0) is 13.1. The van der Waals surface area contributed by atoms with Gasteiger partial charge in [-0.1, -0.05) is 23.2 Å². The van der Waals surface area contributed by atoms with Crippen molar-refractivity contribution in [3.05, 3.63) is 63.9 Å². The van der Waals surface area contributed by atoms with E-state index in [1.54, 1.807) is 18.2 Å². The summed E-state index contributed by atoms with van der Waals surface area (Å²) in [4.78, 5) is 12.1. The Morgan fingerprint density at radius 3 is 2.22 bits per heavy atom. The fraction of sp³-hybridized carbons (Fsp3) is 0.143. The molecule has 0 saturated carbocycles. The summed E-state index contributed by atoms with van der Waals surface area (Å²) in [6, 6.07) is 8.73. The molecule has 0 saturated heterocycles. The molecule has 0 amide bonds. The lowest BCUT2D eigenvalue weighted by Crippen LogP contribution is -2.26. The van der Waals surface area contributed by atoms with E-state index < -0.39 is 0 Å². The highest BCUT2D eigenvalue weighted by atomic mass is 35.5. The van der Waals surface area contributed by atoms with Crippen LogP contribution >= 0.6 is 23.2 Å². The lowest BCUT2D eigenvalue weighted by atomic mass is 10.0. The van der Waals surface area contributed by atoms with Crippen molar-refractivity contribution in [2.45, 2.75) is 6.42 Å². The van der Waals surface area contributed by atoms with Crippen LogP contribution in [0.1, 0.15) is 15.9 Å². The normalized spacial score (nSPS) is 10.4. The molecule has 1 aromatic carbocycles. The van der Waals surface area contributed by atoms with E-state index in [4.69, 9.17) is 23.2 Å². The maximum absolute atomic E-state index is 12.1. The van der Waals surface area contributed by atoms with Crippen molar-refractivity contribution in [1.82, 2.24) is 0 Å². The molecule has 92 valence electrons. The van der Waals surface area contributed by atoms with Crippen molar-refractivity contribution >= 4 is 29.0 Å². The average Bonchev–Trinajstić information content (AvgIpc) is 2.31. The number of aryl methyl sites for hydroxylation is 1. The topological polar surface area (TPSA) is 20.9 Å². The van der Waals surface area contributed by atoms with E-state index in [0.29, 0.717) is 22.0 Å². The number of hydrogen-bond acceptors (Lipinski definition) is 1. The molecule has 0 aliphatic rings. The number of carbonyl (C=O) groups is 1. The number of halogens is 2. The number of ketones is 1. The van der Waals surface area contributed by atoms with Gasteiger partial charge in [-0.05, 0) is 23.8 Å². The van der Waals surface area contributed by atoms with Crippen LogP contribution < -0.4 is 4.57 Å². The van der Waals surface area contributed by atoms with Gasteiger partial charge < -0.3 is 0 Å². The second kappa shape index (κ2) is 5.51. The van der Waals surface area contributed by atoms with Crippen molar-refractivity contribution in [3.8, 4) is 0 Å². The maximum atomic E-state index is 12.1. The van der Waals surface area contributed by atoms with E-state index in [0.717, 1.165) is 5.56 Å². The molecule has 0 radical (unpaired) electrons. The smallest absolute Gasteiger partial charge is 0.168 e. The summed E-state index contributed by atoms with van der Waals surface area (Å²) >= 11 is 11.8. The molecule has 0 spiro atoms. The minimum Gasteiger partial charge on any atom is -0.294 e. The monoisotopic (exact) mass is 280 g/mol. The van der Waals surface area contributed by atoms with Crippen molar-refractivity contribution in [2.75, 3.05) is 0 Å². The molecule has 4 heteroatoms. The number of benzene rings is 1. The van der Waals surface area contributed by atoms with Gasteiger partial charge in [0, 0.05) is 34.2 Å². The molecule has 1 aromatic heterocycles. The van der Waals surface area contributed by atoms with E-state index >= 15 is 0 Å². The minimum absolute atomic E-state index is 0.00764. The largest absolute Gasteiger partial charge is 0.294 e. The van der Waals surface area contributed by atoms with Gasteiger partial charge in [0.15, 0.2) is 18.2 Å². The molecule has 0 fully saturated rings. The summed E-state index contributed by atoms with van der Waals surface area (Å²) in [5, 5.41) is 0.954. The summed E-state index contributed by atoms with van der Waals surface area (Å²) in [5.41, 5.74) is 1.51. The van der Waals surface area contributed by atoms with E-state index in [1.807, 2.05) is 36.1 Å². The molecule has 0 bridgehead atoms. The van der Waals surface area contributed by atoms with Crippen LogP contribution in [0.4, 0.5) is 0 Å². The highest BCUT2D eigenvalue weighted by molar-refractivity contribution is 6.35. The Morgan fingerprint density at radius 1 is 1.11 bits per heavy atom. The number of aromatic nitrogens is 1. The SMILES string of the molecule is C[n+]1ccc(CC(=O)c2cc(Cl)cc(Cl)c2)cc1. The van der Waals surface area contributed by atoms with E-state index in [1.165, 1.54) is 0 Å². The number of hydrogen-bond donors (Lipinski definition) is 0. The van der Waals surface area contributed by atoms with Crippen LogP contribution in [-0.2, 0) is 13.5 Å². The summed E-state index contributed by atoms with van der Waals surface area (Å²) < 4.78 is 1.92. The number of rotatable bonds is 3. The maximum Gasteiger partial charge on any atom is 0.168 e. The minimum atomic E-state index is 0.00764. The predicted octanol–water partition coefficient (Wildman–Crippen LogP) is 3.24. The van der Waals surface area contributed by atoms with E-state index in [-0.39, 0.29) is 5.78 Å². The summed E-state index contributed by atoms with van der Waals surface area (Å²) in [5.74, 6) is 0.00764. The molecule has 0 N–H and O–H groups in total. The van der Waals surface area contributed by atoms with Gasteiger partial charge in [-0.25, -0.2) is 4.57 Å². The first kappa shape index (κ1) is 13.1. The third-order valence-corrected chi connectivity index (χ3v) is 3.03. The third-order valence-electron chi connectivity index (χ3n) is 2.60. The second-order valence-corrected chi connectivity index (χ2v) is 5.00. The van der Waals surface area contributed by atoms with Crippen molar-refractivity contribution in [2.24, 2.45) is 7.05 Å². The molecule has 0 unspecified atom stereocenters. The van der Waals surface area contributed by atoms with Gasteiger partial charge in [0.2, 0.25) is 0 Å². The number of pyridine rings is 1. The molecular formula is C14H12Cl2NO+. The Hall–Kier alpha value is -1.38. The highest BCUT2D eigenvalue weighted by Gasteiger charge is 2.09. The van der Waals surface area contributed by atoms with Crippen molar-refractivity contribution < 1.29 is 9.36 Å². The number of nitrogens with zero attached hydrogens (tertiary/aromatic N) is 1. The lowest BCUT2D eigenvalue weighted by molar-refractivity contribution is -0.671. The van der Waals surface area contributed by atoms with E-state index in [9.17, 15) is 4.79 Å². The van der Waals surface area contributed by atoms with Crippen LogP contribution in [-0.4, -0.2) is 5.78 Å². The quantitative estimate of drug-likeness (QED) is 0.625. The van der Waals surface area contributed by atoms with Gasteiger partial charge in [0.1, 0.15) is 7.05 Å². The highest BCUT2D eigenvalue weighted by Crippen LogP contribution is 2.20. The molecule has 2 rings (SSSR count). The third kappa shape index (κ3) is 3.31. The number of Topliss-reactive ketones (excluding diaryl/α,β-unsaturated/α-hetero) is 1. The summed E-state index contributed by atoms with van der Waals surface area (Å²) in [6.07, 6.45) is 4.17. The predicted molar refractivity (Wildman–Crippen MR) is 72.1 cm³/mol. The van der Waals surface area contributed by atoms with Gasteiger partial charge in [-0.3, -0.25) is 4.79 Å². The zero-order valence-electron chi connectivity index (χ0n) is 9.86. The molecule has 18 heavy (non-hydrogen) atoms. The van der Waals surface area contributed by atoms with Crippen molar-refractivity contribution in [1.29, 1.82) is 0 Å². The fourth-order valence-corrected chi connectivity index (χ4v) is 2.18. The van der Waals surface area contributed by atoms with E-state index in [2.05, 4.69) is 0 Å². The van der Waals surface area contributed by atoms with Gasteiger partial charge in [0.05, 0.1) is 0 Å². The Morgan fingerprint density at radius 2 is 1.67 bits per heavy atom. The molecule has 2 nitrogen and oxygen atoms in total. The van der Waals surface area contributed by atoms with Crippen LogP contribution in [0.25, 0.3) is 0 Å². The van der Waals surface area contributed by atoms with Gasteiger partial charge in [-0.15, -0.1) is 0 Å². The van der Waals surface area contributed by atoms with Crippen LogP contribution in [0.5, 0.6) is 0 Å². The zero-order valence-corrected chi connectivity index (χ0v) is 11.4. The Kier molecular flexibility index (Phi) is 4.00. The summed E-state index contributed by atoms with van der Waals surface area (Å²) in [6.45, 7) is 0. The van der Waals surface area contributed by atoms with Gasteiger partial charge in [0.25, 0.3) is 0 Å². The molecular weight excluding hydrogens is 269 g/mol. The van der Waals surface area contributed by atoms with Crippen LogP contribution in [0.15, 0.2) is 42.7 Å². The Labute approximate surface area is 116 Å². The van der Waals surface area contributed by atoms with Crippen LogP contribution in [0.3, 0.4) is 0 Å². The molecule has 1 heterocycles. The first-order valence-corrected chi connectivity index (χ1v) is 6.23. The first-order chi connectivity index (χ1) is 8.54. The molecule has 2 aromatic rings. The van der Waals surface area contributed by atoms with Gasteiger partial charge in [-0.2, -0.15) is 0 Å². The Balaban J connectivity index is 2.19. The van der Waals surface area contributed by atoms with Crippen molar-refractivity contribution in [3.63, 3.8) is 0 Å². The van der Waals surface area contributed by atoms with Crippen LogP contribution in [0, 0.1) is 0 Å². The van der Waals surface area contributed by atoms with Gasteiger partial charge >= 0.3 is 0 Å². The molecule has 0 aliphatic carbocycles. The lowest BCUT2D eigenvalue weighted by Gasteiger charge is -2.02. The molecule has 0 atom stereocenters. The van der Waals surface area contributed by atoms with Crippen LogP contribution in [0.2, 0.25) is 10.0 Å². The number of carbonyl (C=O) groups excluding carboxylic acids is 1. The fourth-order valence-electron chi connectivity index (χ4n) is 1.65. The second-order valence-electron chi connectivity index (χ2n) is 4.13. The molecule has 0 aliphatic heterocycles. The Bertz CT molecular complexity index is 559. The standard InChI is InChI=1S/C14H12Cl2NO/c1-17-4-2-10(3-5-17)6-14(18)11-7-12(15)9-13(16)8-11/h2-5,7-9H,6H2,1H3/q+1. The average molecular weight is 281 g/mol.